The molecule has 4 bridgehead atoms. The third kappa shape index (κ3) is 2.63. The minimum atomic E-state index is -2.05. The van der Waals surface area contributed by atoms with Crippen LogP contribution in [0.25, 0.3) is 11.1 Å². The van der Waals surface area contributed by atoms with E-state index in [1.165, 1.54) is 33.1 Å². The summed E-state index contributed by atoms with van der Waals surface area (Å²) in [4.78, 5) is 0. The highest BCUT2D eigenvalue weighted by atomic mass is 31.2. The zero-order valence-corrected chi connectivity index (χ0v) is 23.2. The average molecular weight is 480 g/mol. The number of hydrogen-bond acceptors (Lipinski definition) is 3. The molecule has 5 unspecified atom stereocenters. The van der Waals surface area contributed by atoms with Gasteiger partial charge in [-0.1, -0.05) is 58.0 Å². The van der Waals surface area contributed by atoms with Crippen LogP contribution in [-0.2, 0) is 14.2 Å². The van der Waals surface area contributed by atoms with Gasteiger partial charge < -0.3 is 14.2 Å². The van der Waals surface area contributed by atoms with Crippen LogP contribution >= 0.6 is 7.26 Å². The van der Waals surface area contributed by atoms with E-state index in [-0.39, 0.29) is 10.7 Å². The highest BCUT2D eigenvalue weighted by Crippen LogP contribution is 2.93. The molecule has 4 heteroatoms. The molecule has 5 aliphatic heterocycles. The lowest BCUT2D eigenvalue weighted by molar-refractivity contribution is -0.469. The Labute approximate surface area is 205 Å². The van der Waals surface area contributed by atoms with Crippen LogP contribution in [0.4, 0.5) is 0 Å². The maximum atomic E-state index is 7.07. The average Bonchev–Trinajstić information content (AvgIpc) is 2.69. The monoisotopic (exact) mass is 479 g/mol. The van der Waals surface area contributed by atoms with E-state index in [2.05, 4.69) is 98.7 Å². The van der Waals surface area contributed by atoms with Crippen molar-refractivity contribution < 1.29 is 14.2 Å². The second-order valence-electron chi connectivity index (χ2n) is 12.6. The van der Waals surface area contributed by atoms with Crippen molar-refractivity contribution in [1.29, 1.82) is 0 Å². The second kappa shape index (κ2) is 6.74. The fraction of sp³-hybridized carbons (Fsp3) is 0.600. The van der Waals surface area contributed by atoms with Gasteiger partial charge in [0.1, 0.15) is 18.2 Å². The zero-order valence-electron chi connectivity index (χ0n) is 22.3. The molecular formula is C30H40O3P+. The van der Waals surface area contributed by atoms with Crippen molar-refractivity contribution in [2.75, 3.05) is 0 Å². The Hall–Kier alpha value is -1.25. The first kappa shape index (κ1) is 23.2. The summed E-state index contributed by atoms with van der Waals surface area (Å²) in [6, 6.07) is 14.2. The summed E-state index contributed by atoms with van der Waals surface area (Å²) >= 11 is 0. The van der Waals surface area contributed by atoms with Gasteiger partial charge in [-0.15, -0.1) is 0 Å². The van der Waals surface area contributed by atoms with E-state index in [9.17, 15) is 0 Å². The lowest BCUT2D eigenvalue weighted by Crippen LogP contribution is -2.75. The Balaban J connectivity index is 1.72. The van der Waals surface area contributed by atoms with Crippen molar-refractivity contribution in [2.45, 2.75) is 115 Å². The molecule has 6 atom stereocenters. The topological polar surface area (TPSA) is 27.7 Å². The minimum Gasteiger partial charge on any atom is -0.318 e. The van der Waals surface area contributed by atoms with Crippen LogP contribution in [0.15, 0.2) is 36.4 Å². The summed E-state index contributed by atoms with van der Waals surface area (Å²) < 4.78 is 20.6. The molecule has 0 saturated carbocycles. The lowest BCUT2D eigenvalue weighted by Gasteiger charge is -2.71. The third-order valence-electron chi connectivity index (χ3n) is 9.19. The van der Waals surface area contributed by atoms with Crippen LogP contribution in [0.3, 0.4) is 0 Å². The van der Waals surface area contributed by atoms with Gasteiger partial charge in [0.2, 0.25) is 0 Å². The van der Waals surface area contributed by atoms with Crippen molar-refractivity contribution in [3.05, 3.63) is 53.1 Å². The molecule has 34 heavy (non-hydrogen) atoms. The van der Waals surface area contributed by atoms with Crippen molar-refractivity contribution in [2.24, 2.45) is 0 Å². The van der Waals surface area contributed by atoms with Gasteiger partial charge in [-0.2, -0.15) is 0 Å². The fourth-order valence-electron chi connectivity index (χ4n) is 8.61. The first-order valence-electron chi connectivity index (χ1n) is 13.1. The molecule has 0 amide bonds. The Kier molecular flexibility index (Phi) is 4.59. The van der Waals surface area contributed by atoms with Crippen LogP contribution in [0.1, 0.15) is 109 Å². The lowest BCUT2D eigenvalue weighted by atomic mass is 9.83. The van der Waals surface area contributed by atoms with Crippen LogP contribution in [-0.4, -0.2) is 22.3 Å². The van der Waals surface area contributed by atoms with E-state index in [1.54, 1.807) is 0 Å². The van der Waals surface area contributed by atoms with Crippen LogP contribution in [0.5, 0.6) is 0 Å². The summed E-state index contributed by atoms with van der Waals surface area (Å²) in [5, 5.41) is 0.878. The molecule has 4 fully saturated rings. The highest BCUT2D eigenvalue weighted by molar-refractivity contribution is 7.86. The fourth-order valence-corrected chi connectivity index (χ4v) is 15.9. The molecule has 0 aromatic heterocycles. The predicted molar refractivity (Wildman–Crippen MR) is 141 cm³/mol. The van der Waals surface area contributed by atoms with Gasteiger partial charge >= 0.3 is 0 Å². The molecule has 2 aromatic carbocycles. The minimum absolute atomic E-state index is 0.307. The van der Waals surface area contributed by atoms with Gasteiger partial charge in [-0.3, -0.25) is 0 Å². The summed E-state index contributed by atoms with van der Waals surface area (Å²) in [6.07, 6.45) is 1.54. The Bertz CT molecular complexity index is 1150. The molecule has 7 rings (SSSR count). The second-order valence-corrected chi connectivity index (χ2v) is 17.2. The number of benzene rings is 2. The SMILES string of the molecule is CC(C)c1cc(C(C)C)c2c(c1)C(C)[P+]1(c3ccccc3-2)C2(C)C[C@]3(C)OC(C)(CC1(C)O3)O2. The van der Waals surface area contributed by atoms with E-state index < -0.39 is 18.8 Å². The molecule has 0 N–H and O–H groups in total. The van der Waals surface area contributed by atoms with Gasteiger partial charge in [0, 0.05) is 25.0 Å². The molecule has 5 aliphatic rings. The quantitative estimate of drug-likeness (QED) is 0.408. The van der Waals surface area contributed by atoms with E-state index in [0.29, 0.717) is 17.5 Å². The molecule has 2 aromatic rings. The zero-order chi connectivity index (χ0) is 24.5. The molecule has 0 radical (unpaired) electrons. The predicted octanol–water partition coefficient (Wildman–Crippen LogP) is 8.05. The van der Waals surface area contributed by atoms with Crippen molar-refractivity contribution in [3.63, 3.8) is 0 Å². The molecule has 1 spiro atoms. The Morgan fingerprint density at radius 2 is 1.41 bits per heavy atom. The standard InChI is InChI=1S/C30H40O3P/c1-18(2)21-14-23(19(3)4)26-22-12-10-11-13-25(22)34(20(5)24(26)15-21)29(8)16-27(6)31-28(7,33-29)17-30(34,9)32-27/h10-15,18-20H,16-17H2,1-9H3/q+1/t20?,27-,28?,29?,30?,34?/m1/s1. The normalized spacial score (nSPS) is 41.9. The Morgan fingerprint density at radius 1 is 0.824 bits per heavy atom. The summed E-state index contributed by atoms with van der Waals surface area (Å²) in [7, 11) is -2.05. The van der Waals surface area contributed by atoms with Crippen molar-refractivity contribution in [3.8, 4) is 11.1 Å². The van der Waals surface area contributed by atoms with Gasteiger partial charge in [0.25, 0.3) is 0 Å². The van der Waals surface area contributed by atoms with Gasteiger partial charge in [0.05, 0.1) is 12.8 Å². The molecule has 4 saturated heterocycles. The molecule has 0 aliphatic carbocycles. The summed E-state index contributed by atoms with van der Waals surface area (Å²) in [5.74, 6) is -0.247. The number of rotatable bonds is 2. The largest absolute Gasteiger partial charge is 0.318 e. The van der Waals surface area contributed by atoms with E-state index in [4.69, 9.17) is 14.2 Å². The van der Waals surface area contributed by atoms with Gasteiger partial charge in [0.15, 0.2) is 22.3 Å². The van der Waals surface area contributed by atoms with Gasteiger partial charge in [-0.25, -0.2) is 0 Å². The molecule has 3 nitrogen and oxygen atoms in total. The highest BCUT2D eigenvalue weighted by Gasteiger charge is 2.86. The molecule has 182 valence electrons. The van der Waals surface area contributed by atoms with Crippen LogP contribution in [0.2, 0.25) is 0 Å². The summed E-state index contributed by atoms with van der Waals surface area (Å²) in [6.45, 7) is 20.8. The van der Waals surface area contributed by atoms with E-state index >= 15 is 0 Å². The first-order chi connectivity index (χ1) is 15.8. The number of ether oxygens (including phenoxy) is 3. The van der Waals surface area contributed by atoms with E-state index in [0.717, 1.165) is 12.8 Å². The first-order valence-corrected chi connectivity index (χ1v) is 14.9. The number of hydrogen-bond donors (Lipinski definition) is 0. The number of fused-ring (bicyclic) bond motifs is 3. The summed E-state index contributed by atoms with van der Waals surface area (Å²) in [5.41, 5.74) is 7.62. The molecular weight excluding hydrogens is 439 g/mol. The van der Waals surface area contributed by atoms with Gasteiger partial charge in [-0.05, 0) is 55.4 Å². The molecule has 5 heterocycles. The van der Waals surface area contributed by atoms with E-state index in [1.807, 2.05) is 0 Å². The van der Waals surface area contributed by atoms with Crippen molar-refractivity contribution in [1.82, 2.24) is 0 Å². The smallest absolute Gasteiger partial charge is 0.190 e. The third-order valence-corrected chi connectivity index (χ3v) is 15.3. The maximum absolute atomic E-state index is 7.07. The maximum Gasteiger partial charge on any atom is 0.190 e. The van der Waals surface area contributed by atoms with Crippen LogP contribution in [0, 0.1) is 0 Å². The van der Waals surface area contributed by atoms with Crippen LogP contribution < -0.4 is 5.30 Å². The Morgan fingerprint density at radius 3 is 1.97 bits per heavy atom. The van der Waals surface area contributed by atoms with Crippen molar-refractivity contribution >= 4 is 12.6 Å².